The van der Waals surface area contributed by atoms with Gasteiger partial charge in [0.1, 0.15) is 0 Å². The van der Waals surface area contributed by atoms with Crippen molar-refractivity contribution in [1.82, 2.24) is 9.97 Å². The van der Waals surface area contributed by atoms with Gasteiger partial charge in [0.05, 0.1) is 11.1 Å². The second-order valence-corrected chi connectivity index (χ2v) is 4.91. The van der Waals surface area contributed by atoms with Crippen molar-refractivity contribution in [2.75, 3.05) is 0 Å². The van der Waals surface area contributed by atoms with Crippen LogP contribution in [0.15, 0.2) is 45.3 Å². The van der Waals surface area contributed by atoms with E-state index in [9.17, 15) is 22.8 Å². The van der Waals surface area contributed by atoms with Crippen molar-refractivity contribution in [3.05, 3.63) is 51.9 Å². The molecule has 0 radical (unpaired) electrons. The van der Waals surface area contributed by atoms with Crippen LogP contribution in [-0.4, -0.2) is 21.0 Å². The first-order valence-electron chi connectivity index (χ1n) is 5.45. The molecule has 0 aliphatic heterocycles. The van der Waals surface area contributed by atoms with Crippen LogP contribution in [0.3, 0.4) is 0 Å². The molecule has 0 saturated heterocycles. The molecule has 0 spiro atoms. The summed E-state index contributed by atoms with van der Waals surface area (Å²) in [6.45, 7) is 0. The second kappa shape index (κ2) is 5.60. The van der Waals surface area contributed by atoms with E-state index in [2.05, 4.69) is 9.97 Å². The lowest BCUT2D eigenvalue weighted by atomic mass is 10.1. The summed E-state index contributed by atoms with van der Waals surface area (Å²) in [5.74, 6) is -1.66. The van der Waals surface area contributed by atoms with E-state index in [-0.39, 0.29) is 10.1 Å². The highest BCUT2D eigenvalue weighted by molar-refractivity contribution is 7.99. The number of alkyl halides is 3. The fourth-order valence-electron chi connectivity index (χ4n) is 1.52. The maximum Gasteiger partial charge on any atom is 0.417 e. The SMILES string of the molecule is O=C(O)c1ccc(Sc2nccc(=O)[nH]2)cc1C(F)(F)F. The van der Waals surface area contributed by atoms with E-state index in [1.807, 2.05) is 0 Å². The molecule has 0 atom stereocenters. The summed E-state index contributed by atoms with van der Waals surface area (Å²) >= 11 is 0.793. The average Bonchev–Trinajstić information content (AvgIpc) is 2.37. The number of H-pyrrole nitrogens is 1. The highest BCUT2D eigenvalue weighted by atomic mass is 32.2. The summed E-state index contributed by atoms with van der Waals surface area (Å²) in [7, 11) is 0. The number of halogens is 3. The molecule has 0 fully saturated rings. The van der Waals surface area contributed by atoms with Crippen LogP contribution in [0.4, 0.5) is 13.2 Å². The Kier molecular flexibility index (Phi) is 4.03. The number of hydrogen-bond donors (Lipinski definition) is 2. The molecule has 0 saturated carbocycles. The van der Waals surface area contributed by atoms with E-state index in [0.717, 1.165) is 17.8 Å². The first kappa shape index (κ1) is 15.1. The molecule has 5 nitrogen and oxygen atoms in total. The molecular weight excluding hydrogens is 309 g/mol. The van der Waals surface area contributed by atoms with Gasteiger partial charge in [0, 0.05) is 17.2 Å². The molecule has 2 N–H and O–H groups in total. The van der Waals surface area contributed by atoms with Crippen LogP contribution in [0.2, 0.25) is 0 Å². The van der Waals surface area contributed by atoms with Gasteiger partial charge in [-0.2, -0.15) is 13.2 Å². The lowest BCUT2D eigenvalue weighted by Gasteiger charge is -2.11. The van der Waals surface area contributed by atoms with Crippen molar-refractivity contribution in [1.29, 1.82) is 0 Å². The normalized spacial score (nSPS) is 11.4. The Labute approximate surface area is 119 Å². The third-order valence-electron chi connectivity index (χ3n) is 2.39. The molecule has 0 amide bonds. The largest absolute Gasteiger partial charge is 0.478 e. The van der Waals surface area contributed by atoms with Crippen LogP contribution in [0.25, 0.3) is 0 Å². The van der Waals surface area contributed by atoms with Crippen molar-refractivity contribution in [2.45, 2.75) is 16.2 Å². The van der Waals surface area contributed by atoms with Crippen LogP contribution >= 0.6 is 11.8 Å². The predicted molar refractivity (Wildman–Crippen MR) is 67.4 cm³/mol. The van der Waals surface area contributed by atoms with E-state index in [1.54, 1.807) is 0 Å². The van der Waals surface area contributed by atoms with Crippen molar-refractivity contribution >= 4 is 17.7 Å². The van der Waals surface area contributed by atoms with Crippen LogP contribution in [-0.2, 0) is 6.18 Å². The molecule has 1 aromatic heterocycles. The summed E-state index contributed by atoms with van der Waals surface area (Å²) in [5.41, 5.74) is -2.52. The van der Waals surface area contributed by atoms with Crippen molar-refractivity contribution in [3.8, 4) is 0 Å². The fraction of sp³-hybridized carbons (Fsp3) is 0.0833. The minimum Gasteiger partial charge on any atom is -0.478 e. The molecule has 9 heteroatoms. The molecule has 2 aromatic rings. The summed E-state index contributed by atoms with van der Waals surface area (Å²) in [6, 6.07) is 3.96. The summed E-state index contributed by atoms with van der Waals surface area (Å²) < 4.78 is 38.5. The zero-order valence-electron chi connectivity index (χ0n) is 10.1. The minimum absolute atomic E-state index is 0.110. The van der Waals surface area contributed by atoms with Gasteiger partial charge in [0.25, 0.3) is 5.56 Å². The zero-order valence-corrected chi connectivity index (χ0v) is 11.0. The van der Waals surface area contributed by atoms with Gasteiger partial charge >= 0.3 is 12.1 Å². The number of benzene rings is 1. The van der Waals surface area contributed by atoms with Gasteiger partial charge in [0.2, 0.25) is 0 Å². The van der Waals surface area contributed by atoms with Gasteiger partial charge in [-0.25, -0.2) is 9.78 Å². The highest BCUT2D eigenvalue weighted by Crippen LogP contribution is 2.35. The fourth-order valence-corrected chi connectivity index (χ4v) is 2.32. The lowest BCUT2D eigenvalue weighted by Crippen LogP contribution is -2.13. The standard InChI is InChI=1S/C12H7F3N2O3S/c13-12(14,15)8-5-6(1-2-7(8)10(19)20)21-11-16-4-3-9(18)17-11/h1-5H,(H,19,20)(H,16,17,18). The monoisotopic (exact) mass is 316 g/mol. The number of carbonyl (C=O) groups is 1. The number of aromatic amines is 1. The molecule has 110 valence electrons. The average molecular weight is 316 g/mol. The Hall–Kier alpha value is -2.29. The molecule has 1 aromatic carbocycles. The topological polar surface area (TPSA) is 83.0 Å². The Balaban J connectivity index is 2.43. The maximum absolute atomic E-state index is 12.8. The minimum atomic E-state index is -4.79. The molecule has 0 unspecified atom stereocenters. The first-order valence-corrected chi connectivity index (χ1v) is 6.27. The molecule has 0 bridgehead atoms. The smallest absolute Gasteiger partial charge is 0.417 e. The maximum atomic E-state index is 12.8. The highest BCUT2D eigenvalue weighted by Gasteiger charge is 2.35. The molecule has 21 heavy (non-hydrogen) atoms. The van der Waals surface area contributed by atoms with Crippen molar-refractivity contribution < 1.29 is 23.1 Å². The first-order chi connectivity index (χ1) is 9.77. The molecule has 2 rings (SSSR count). The van der Waals surface area contributed by atoms with Crippen molar-refractivity contribution in [2.24, 2.45) is 0 Å². The van der Waals surface area contributed by atoms with Gasteiger partial charge in [-0.1, -0.05) is 11.8 Å². The predicted octanol–water partition coefficient (Wildman–Crippen LogP) is 2.64. The van der Waals surface area contributed by atoms with E-state index in [1.165, 1.54) is 18.3 Å². The van der Waals surface area contributed by atoms with Gasteiger partial charge in [-0.15, -0.1) is 0 Å². The second-order valence-electron chi connectivity index (χ2n) is 3.85. The number of nitrogens with zero attached hydrogens (tertiary/aromatic N) is 1. The Bertz CT molecular complexity index is 743. The number of hydrogen-bond acceptors (Lipinski definition) is 4. The zero-order chi connectivity index (χ0) is 15.6. The van der Waals surface area contributed by atoms with Gasteiger partial charge in [0.15, 0.2) is 5.16 Å². The van der Waals surface area contributed by atoms with Gasteiger partial charge < -0.3 is 10.1 Å². The molecule has 1 heterocycles. The molecule has 0 aliphatic carbocycles. The van der Waals surface area contributed by atoms with Crippen LogP contribution in [0, 0.1) is 0 Å². The number of carboxylic acids is 1. The summed E-state index contributed by atoms with van der Waals surface area (Å²) in [6.07, 6.45) is -3.57. The van der Waals surface area contributed by atoms with Crippen LogP contribution in [0.1, 0.15) is 15.9 Å². The van der Waals surface area contributed by atoms with Crippen molar-refractivity contribution in [3.63, 3.8) is 0 Å². The number of aromatic carboxylic acids is 1. The van der Waals surface area contributed by atoms with Gasteiger partial charge in [-0.3, -0.25) is 4.79 Å². The van der Waals surface area contributed by atoms with E-state index in [0.29, 0.717) is 6.07 Å². The van der Waals surface area contributed by atoms with Crippen LogP contribution in [0.5, 0.6) is 0 Å². The lowest BCUT2D eigenvalue weighted by molar-refractivity contribution is -0.138. The van der Waals surface area contributed by atoms with E-state index < -0.39 is 28.8 Å². The quantitative estimate of drug-likeness (QED) is 0.851. The Morgan fingerprint density at radius 3 is 2.57 bits per heavy atom. The van der Waals surface area contributed by atoms with E-state index in [4.69, 9.17) is 5.11 Å². The number of rotatable bonds is 3. The number of aromatic nitrogens is 2. The third-order valence-corrected chi connectivity index (χ3v) is 3.28. The summed E-state index contributed by atoms with van der Waals surface area (Å²) in [5, 5.41) is 8.89. The molecular formula is C12H7F3N2O3S. The molecule has 0 aliphatic rings. The Morgan fingerprint density at radius 1 is 1.29 bits per heavy atom. The Morgan fingerprint density at radius 2 is 2.00 bits per heavy atom. The van der Waals surface area contributed by atoms with E-state index >= 15 is 0 Å². The number of carboxylic acid groups (broad SMARTS) is 1. The van der Waals surface area contributed by atoms with Crippen LogP contribution < -0.4 is 5.56 Å². The van der Waals surface area contributed by atoms with Gasteiger partial charge in [-0.05, 0) is 18.2 Å². The third kappa shape index (κ3) is 3.63. The number of nitrogens with one attached hydrogen (secondary N) is 1. The summed E-state index contributed by atoms with van der Waals surface area (Å²) in [4.78, 5) is 28.2.